The fourth-order valence-electron chi connectivity index (χ4n) is 0.834. The number of rotatable bonds is 6. The second-order valence-corrected chi connectivity index (χ2v) is 4.97. The molecule has 0 aliphatic rings. The minimum Gasteiger partial charge on any atom is -0.309 e. The summed E-state index contributed by atoms with van der Waals surface area (Å²) in [6.07, 6.45) is -11.8. The highest BCUT2D eigenvalue weighted by Crippen LogP contribution is 2.55. The molecular weight excluding hydrogens is 258 g/mol. The van der Waals surface area contributed by atoms with E-state index in [1.807, 2.05) is 0 Å². The second-order valence-electron chi connectivity index (χ2n) is 2.86. The van der Waals surface area contributed by atoms with Crippen molar-refractivity contribution in [2.45, 2.75) is 32.6 Å². The lowest BCUT2D eigenvalue weighted by atomic mass is 10.6. The fraction of sp³-hybridized carbons (Fsp3) is 1.00. The fourth-order valence-corrected chi connectivity index (χ4v) is 2.50. The largest absolute Gasteiger partial charge is 0.483 e. The molecule has 0 aromatic rings. The minimum atomic E-state index is -5.91. The summed E-state index contributed by atoms with van der Waals surface area (Å²) in [6, 6.07) is 0. The van der Waals surface area contributed by atoms with Gasteiger partial charge >= 0.3 is 19.9 Å². The first-order valence-electron chi connectivity index (χ1n) is 4.47. The second kappa shape index (κ2) is 5.42. The first-order chi connectivity index (χ1) is 7.08. The van der Waals surface area contributed by atoms with Gasteiger partial charge in [0.15, 0.2) is 0 Å². The molecule has 3 nitrogen and oxygen atoms in total. The molecule has 0 rings (SSSR count). The Morgan fingerprint density at radius 3 is 1.94 bits per heavy atom. The zero-order valence-electron chi connectivity index (χ0n) is 8.68. The lowest BCUT2D eigenvalue weighted by molar-refractivity contribution is -0.363. The first kappa shape index (κ1) is 15.8. The summed E-state index contributed by atoms with van der Waals surface area (Å²) < 4.78 is 79.5. The molecule has 1 atom stereocenters. The highest BCUT2D eigenvalue weighted by Gasteiger charge is 2.62. The van der Waals surface area contributed by atoms with E-state index in [0.717, 1.165) is 0 Å². The van der Waals surface area contributed by atoms with Crippen LogP contribution in [0.5, 0.6) is 0 Å². The van der Waals surface area contributed by atoms with Gasteiger partial charge in [-0.2, -0.15) is 22.0 Å². The molecule has 0 spiro atoms. The van der Waals surface area contributed by atoms with Crippen LogP contribution in [0.4, 0.5) is 22.0 Å². The third-order valence-electron chi connectivity index (χ3n) is 1.41. The Morgan fingerprint density at radius 2 is 1.62 bits per heavy atom. The Hall–Kier alpha value is -0.200. The molecule has 0 aliphatic heterocycles. The van der Waals surface area contributed by atoms with E-state index in [1.165, 1.54) is 13.8 Å². The van der Waals surface area contributed by atoms with Gasteiger partial charge in [0.1, 0.15) is 0 Å². The molecule has 0 fully saturated rings. The van der Waals surface area contributed by atoms with Gasteiger partial charge in [0.2, 0.25) is 0 Å². The maximum atomic E-state index is 12.5. The Bertz CT molecular complexity index is 255. The Kier molecular flexibility index (Phi) is 5.35. The summed E-state index contributed by atoms with van der Waals surface area (Å²) in [4.78, 5) is 0. The van der Waals surface area contributed by atoms with Crippen molar-refractivity contribution >= 4 is 7.60 Å². The smallest absolute Gasteiger partial charge is 0.309 e. The molecule has 1 unspecified atom stereocenters. The van der Waals surface area contributed by atoms with Gasteiger partial charge < -0.3 is 4.52 Å². The SMILES string of the molecule is CCCP(=O)(OCC)OC(F)(F)C(F)(F)F. The summed E-state index contributed by atoms with van der Waals surface area (Å²) in [6.45, 7) is 2.50. The molecule has 0 N–H and O–H groups in total. The molecule has 0 aliphatic carbocycles. The van der Waals surface area contributed by atoms with E-state index < -0.39 is 26.0 Å². The van der Waals surface area contributed by atoms with E-state index in [9.17, 15) is 26.5 Å². The van der Waals surface area contributed by atoms with Gasteiger partial charge in [-0.25, -0.2) is 4.52 Å². The quantitative estimate of drug-likeness (QED) is 0.544. The standard InChI is InChI=1S/C7H12F5O3P/c1-3-5-16(13,14-4-2)15-7(11,12)6(8,9)10/h3-5H2,1-2H3. The highest BCUT2D eigenvalue weighted by molar-refractivity contribution is 7.53. The Morgan fingerprint density at radius 1 is 1.12 bits per heavy atom. The number of halogens is 5. The zero-order chi connectivity index (χ0) is 13.0. The van der Waals surface area contributed by atoms with Crippen molar-refractivity contribution in [3.63, 3.8) is 0 Å². The lowest BCUT2D eigenvalue weighted by Crippen LogP contribution is -2.38. The van der Waals surface area contributed by atoms with E-state index in [0.29, 0.717) is 0 Å². The molecule has 9 heteroatoms. The van der Waals surface area contributed by atoms with Crippen molar-refractivity contribution in [2.24, 2.45) is 0 Å². The Balaban J connectivity index is 4.82. The number of alkyl halides is 5. The third-order valence-corrected chi connectivity index (χ3v) is 3.56. The predicted molar refractivity (Wildman–Crippen MR) is 46.5 cm³/mol. The molecule has 0 saturated carbocycles. The summed E-state index contributed by atoms with van der Waals surface area (Å²) >= 11 is 0. The van der Waals surface area contributed by atoms with Crippen LogP contribution < -0.4 is 0 Å². The van der Waals surface area contributed by atoms with Gasteiger partial charge in [-0.15, -0.1) is 0 Å². The van der Waals surface area contributed by atoms with Gasteiger partial charge in [0.25, 0.3) is 0 Å². The molecule has 0 radical (unpaired) electrons. The monoisotopic (exact) mass is 270 g/mol. The van der Waals surface area contributed by atoms with E-state index in [4.69, 9.17) is 0 Å². The van der Waals surface area contributed by atoms with Crippen molar-refractivity contribution in [1.29, 1.82) is 0 Å². The molecular formula is C7H12F5O3P. The van der Waals surface area contributed by atoms with Crippen LogP contribution in [0.2, 0.25) is 0 Å². The molecule has 0 aromatic carbocycles. The molecule has 0 aromatic heterocycles. The Labute approximate surface area is 89.4 Å². The van der Waals surface area contributed by atoms with E-state index in [2.05, 4.69) is 9.05 Å². The highest BCUT2D eigenvalue weighted by atomic mass is 31.2. The number of hydrogen-bond acceptors (Lipinski definition) is 3. The summed E-state index contributed by atoms with van der Waals surface area (Å²) in [5.74, 6) is 0. The predicted octanol–water partition coefficient (Wildman–Crippen LogP) is 3.80. The molecule has 0 heterocycles. The van der Waals surface area contributed by atoms with Crippen LogP contribution in [0.15, 0.2) is 0 Å². The zero-order valence-corrected chi connectivity index (χ0v) is 9.58. The maximum Gasteiger partial charge on any atom is 0.483 e. The van der Waals surface area contributed by atoms with Gasteiger partial charge in [0.05, 0.1) is 12.8 Å². The van der Waals surface area contributed by atoms with E-state index >= 15 is 0 Å². The number of hydrogen-bond donors (Lipinski definition) is 0. The van der Waals surface area contributed by atoms with Gasteiger partial charge in [0, 0.05) is 0 Å². The van der Waals surface area contributed by atoms with Crippen LogP contribution in [-0.2, 0) is 13.6 Å². The van der Waals surface area contributed by atoms with Crippen molar-refractivity contribution in [2.75, 3.05) is 12.8 Å². The summed E-state index contributed by atoms with van der Waals surface area (Å²) in [5.41, 5.74) is 0. The van der Waals surface area contributed by atoms with Crippen molar-refractivity contribution in [3.05, 3.63) is 0 Å². The van der Waals surface area contributed by atoms with E-state index in [1.54, 1.807) is 0 Å². The van der Waals surface area contributed by atoms with Crippen LogP contribution >= 0.6 is 7.60 Å². The normalized spacial score (nSPS) is 17.2. The molecule has 98 valence electrons. The average Bonchev–Trinajstić information content (AvgIpc) is 2.00. The van der Waals surface area contributed by atoms with Crippen LogP contribution in [0.25, 0.3) is 0 Å². The maximum absolute atomic E-state index is 12.5. The third kappa shape index (κ3) is 4.35. The van der Waals surface area contributed by atoms with Gasteiger partial charge in [-0.1, -0.05) is 6.92 Å². The summed E-state index contributed by atoms with van der Waals surface area (Å²) in [5, 5.41) is 0. The molecule has 16 heavy (non-hydrogen) atoms. The molecule has 0 bridgehead atoms. The van der Waals surface area contributed by atoms with Crippen LogP contribution in [0, 0.1) is 0 Å². The minimum absolute atomic E-state index is 0.102. The average molecular weight is 270 g/mol. The molecule has 0 saturated heterocycles. The van der Waals surface area contributed by atoms with Crippen molar-refractivity contribution in [1.82, 2.24) is 0 Å². The first-order valence-corrected chi connectivity index (χ1v) is 6.19. The van der Waals surface area contributed by atoms with E-state index in [-0.39, 0.29) is 13.0 Å². The topological polar surface area (TPSA) is 35.5 Å². The van der Waals surface area contributed by atoms with Crippen LogP contribution in [0.3, 0.4) is 0 Å². The van der Waals surface area contributed by atoms with Gasteiger partial charge in [-0.3, -0.25) is 4.57 Å². The van der Waals surface area contributed by atoms with Crippen molar-refractivity contribution < 1.29 is 35.6 Å². The molecule has 0 amide bonds. The van der Waals surface area contributed by atoms with Crippen LogP contribution in [0.1, 0.15) is 20.3 Å². The summed E-state index contributed by atoms with van der Waals surface area (Å²) in [7, 11) is -4.41. The van der Waals surface area contributed by atoms with Crippen molar-refractivity contribution in [3.8, 4) is 0 Å². The van der Waals surface area contributed by atoms with Gasteiger partial charge in [-0.05, 0) is 13.3 Å². The lowest BCUT2D eigenvalue weighted by Gasteiger charge is -2.24. The van der Waals surface area contributed by atoms with Crippen LogP contribution in [-0.4, -0.2) is 25.1 Å².